The van der Waals surface area contributed by atoms with Crippen LogP contribution in [-0.4, -0.2) is 64.1 Å². The normalized spacial score (nSPS) is 34.4. The van der Waals surface area contributed by atoms with E-state index in [1.807, 2.05) is 0 Å². The minimum absolute atomic E-state index is 0.0279. The van der Waals surface area contributed by atoms with E-state index in [4.69, 9.17) is 46.2 Å². The molecule has 27 heavy (non-hydrogen) atoms. The highest BCUT2D eigenvalue weighted by Gasteiger charge is 2.54. The maximum absolute atomic E-state index is 9.11. The molecule has 1 saturated heterocycles. The minimum atomic E-state index is -3.22. The number of ether oxygens (including phenoxy) is 3. The van der Waals surface area contributed by atoms with Crippen LogP contribution < -0.4 is 11.1 Å². The van der Waals surface area contributed by atoms with Crippen LogP contribution in [0.4, 0.5) is 11.5 Å². The predicted octanol–water partition coefficient (Wildman–Crippen LogP) is 2.30. The number of thioether (sulfide) groups is 1. The van der Waals surface area contributed by atoms with Gasteiger partial charge in [-0.05, 0) is 26.6 Å². The molecule has 1 aliphatic carbocycles. The Kier molecular flexibility index (Phi) is 4.30. The summed E-state index contributed by atoms with van der Waals surface area (Å²) >= 11 is 6.32. The van der Waals surface area contributed by atoms with Crippen LogP contribution in [0.25, 0.3) is 0 Å². The van der Waals surface area contributed by atoms with Crippen LogP contribution >= 0.6 is 23.4 Å². The maximum atomic E-state index is 9.11. The van der Waals surface area contributed by atoms with E-state index in [2.05, 4.69) is 15.3 Å². The van der Waals surface area contributed by atoms with Crippen molar-refractivity contribution in [3.05, 3.63) is 5.15 Å². The zero-order valence-corrected chi connectivity index (χ0v) is 16.4. The van der Waals surface area contributed by atoms with Crippen molar-refractivity contribution in [2.75, 3.05) is 30.0 Å². The molecule has 2 aliphatic rings. The molecule has 2 fully saturated rings. The monoisotopic (exact) mass is 425 g/mol. The van der Waals surface area contributed by atoms with Crippen LogP contribution in [0, 0.1) is 0 Å². The van der Waals surface area contributed by atoms with Crippen LogP contribution in [0.3, 0.4) is 0 Å². The number of nitrogens with one attached hydrogen (secondary N) is 1. The highest BCUT2D eigenvalue weighted by atomic mass is 35.5. The number of anilines is 2. The molecule has 0 unspecified atom stereocenters. The van der Waals surface area contributed by atoms with E-state index in [1.165, 1.54) is 0 Å². The number of aliphatic hydroxyl groups is 1. The highest BCUT2D eigenvalue weighted by Crippen LogP contribution is 2.41. The Morgan fingerprint density at radius 2 is 2.26 bits per heavy atom. The third kappa shape index (κ3) is 4.78. The number of nitrogen functional groups attached to an aromatic ring is 1. The number of nitrogens with zero attached hydrogens (tertiary/aromatic N) is 2. The van der Waals surface area contributed by atoms with Crippen LogP contribution in [0.2, 0.25) is 5.15 Å². The van der Waals surface area contributed by atoms with Gasteiger partial charge in [-0.15, -0.1) is 0 Å². The van der Waals surface area contributed by atoms with Gasteiger partial charge in [0.2, 0.25) is 0 Å². The molecule has 10 heteroatoms. The molecule has 0 aromatic carbocycles. The SMILES string of the molecule is [2H]C([2H])([2H])C([2H])([2H])C([2H])([2H])Sc1nc(Cl)c(N)c(N[C@@H]2C[C@H](OCCO)[C@H]3OC(C)(C)O[C@H]32)n1. The molecule has 0 radical (unpaired) electrons. The van der Waals surface area contributed by atoms with E-state index in [0.29, 0.717) is 6.42 Å². The number of nitrogens with two attached hydrogens (primary N) is 1. The first-order valence-electron chi connectivity index (χ1n) is 11.9. The molecular formula is C17H27ClN4O4S. The van der Waals surface area contributed by atoms with Crippen molar-refractivity contribution in [2.24, 2.45) is 0 Å². The molecule has 8 nitrogen and oxygen atoms in total. The van der Waals surface area contributed by atoms with Crippen molar-refractivity contribution in [3.8, 4) is 0 Å². The van der Waals surface area contributed by atoms with Gasteiger partial charge in [-0.1, -0.05) is 30.2 Å². The molecular weight excluding hydrogens is 392 g/mol. The van der Waals surface area contributed by atoms with Gasteiger partial charge in [0.25, 0.3) is 0 Å². The van der Waals surface area contributed by atoms with Crippen LogP contribution in [0.1, 0.15) is 43.1 Å². The first-order chi connectivity index (χ1) is 15.5. The molecule has 1 aromatic rings. The average Bonchev–Trinajstić information content (AvgIpc) is 3.16. The van der Waals surface area contributed by atoms with Gasteiger partial charge < -0.3 is 30.4 Å². The summed E-state index contributed by atoms with van der Waals surface area (Å²) in [5.74, 6) is -0.823. The predicted molar refractivity (Wildman–Crippen MR) is 105 cm³/mol. The van der Waals surface area contributed by atoms with Gasteiger partial charge in [-0.3, -0.25) is 0 Å². The van der Waals surface area contributed by atoms with Gasteiger partial charge in [0.15, 0.2) is 21.9 Å². The summed E-state index contributed by atoms with van der Waals surface area (Å²) in [4.78, 5) is 8.07. The zero-order chi connectivity index (χ0) is 25.7. The molecule has 152 valence electrons. The van der Waals surface area contributed by atoms with E-state index in [-0.39, 0.29) is 52.9 Å². The van der Waals surface area contributed by atoms with Gasteiger partial charge in [0.1, 0.15) is 17.9 Å². The van der Waals surface area contributed by atoms with E-state index < -0.39 is 43.0 Å². The summed E-state index contributed by atoms with van der Waals surface area (Å²) < 4.78 is 71.3. The molecule has 1 aliphatic heterocycles. The molecule has 4 N–H and O–H groups in total. The van der Waals surface area contributed by atoms with E-state index in [9.17, 15) is 0 Å². The third-order valence-electron chi connectivity index (χ3n) is 4.23. The van der Waals surface area contributed by atoms with Crippen molar-refractivity contribution in [1.29, 1.82) is 0 Å². The number of rotatable bonds is 8. The Bertz CT molecular complexity index is 911. The van der Waals surface area contributed by atoms with Crippen LogP contribution in [0.15, 0.2) is 5.16 Å². The summed E-state index contributed by atoms with van der Waals surface area (Å²) in [6.45, 7) is 0.260. The molecule has 4 atom stereocenters. The lowest BCUT2D eigenvalue weighted by molar-refractivity contribution is -0.167. The standard InChI is InChI=1S/C17H27ClN4O4S/c1-4-7-27-16-21-14(18)11(19)15(22-16)20-9-8-10(24-6-5-23)13-12(9)25-17(2,3)26-13/h9-10,12-13,23H,4-8,19H2,1-3H3,(H,20,21,22)/t9-,10+,12+,13-/m1/s1/i1D3,4D2,7D2. The van der Waals surface area contributed by atoms with Crippen molar-refractivity contribution in [1.82, 2.24) is 9.97 Å². The van der Waals surface area contributed by atoms with E-state index in [0.717, 1.165) is 0 Å². The minimum Gasteiger partial charge on any atom is -0.394 e. The fraction of sp³-hybridized carbons (Fsp3) is 0.765. The molecule has 3 rings (SSSR count). The summed E-state index contributed by atoms with van der Waals surface area (Å²) in [6.07, 6.45) is -4.06. The molecule has 2 heterocycles. The van der Waals surface area contributed by atoms with Gasteiger partial charge in [-0.2, -0.15) is 0 Å². The number of hydrogen-bond acceptors (Lipinski definition) is 9. The Hall–Kier alpha value is -0.840. The Labute approximate surface area is 178 Å². The Balaban J connectivity index is 1.85. The van der Waals surface area contributed by atoms with Gasteiger partial charge >= 0.3 is 0 Å². The summed E-state index contributed by atoms with van der Waals surface area (Å²) in [6, 6.07) is -0.410. The second kappa shape index (κ2) is 8.67. The molecule has 0 bridgehead atoms. The fourth-order valence-electron chi connectivity index (χ4n) is 3.27. The molecule has 0 spiro atoms. The average molecular weight is 426 g/mol. The second-order valence-corrected chi connectivity index (χ2v) is 7.70. The second-order valence-electron chi connectivity index (χ2n) is 6.57. The first-order valence-corrected chi connectivity index (χ1v) is 9.55. The van der Waals surface area contributed by atoms with Gasteiger partial charge in [0.05, 0.1) is 25.4 Å². The molecule has 0 amide bonds. The van der Waals surface area contributed by atoms with Crippen molar-refractivity contribution in [3.63, 3.8) is 0 Å². The topological polar surface area (TPSA) is 112 Å². The largest absolute Gasteiger partial charge is 0.394 e. The zero-order valence-electron chi connectivity index (χ0n) is 21.9. The van der Waals surface area contributed by atoms with Gasteiger partial charge in [-0.25, -0.2) is 9.97 Å². The quantitative estimate of drug-likeness (QED) is 0.328. The Morgan fingerprint density at radius 1 is 1.48 bits per heavy atom. The number of hydrogen-bond donors (Lipinski definition) is 3. The van der Waals surface area contributed by atoms with Gasteiger partial charge in [0, 0.05) is 15.3 Å². The highest BCUT2D eigenvalue weighted by molar-refractivity contribution is 7.99. The fourth-order valence-corrected chi connectivity index (χ4v) is 3.90. The van der Waals surface area contributed by atoms with Crippen molar-refractivity contribution < 1.29 is 28.9 Å². The number of aromatic nitrogens is 2. The summed E-state index contributed by atoms with van der Waals surface area (Å²) in [7, 11) is 0. The smallest absolute Gasteiger partial charge is 0.191 e. The third-order valence-corrected chi connectivity index (χ3v) is 5.09. The number of fused-ring (bicyclic) bond motifs is 1. The van der Waals surface area contributed by atoms with E-state index in [1.54, 1.807) is 13.8 Å². The van der Waals surface area contributed by atoms with Crippen molar-refractivity contribution >= 4 is 34.9 Å². The molecule has 1 saturated carbocycles. The van der Waals surface area contributed by atoms with Crippen LogP contribution in [-0.2, 0) is 14.2 Å². The van der Waals surface area contributed by atoms with E-state index >= 15 is 0 Å². The number of halogens is 1. The summed E-state index contributed by atoms with van der Waals surface area (Å²) in [5.41, 5.74) is 3.09. The molecule has 1 aromatic heterocycles. The maximum Gasteiger partial charge on any atom is 0.191 e. The Morgan fingerprint density at radius 3 is 3.00 bits per heavy atom. The van der Waals surface area contributed by atoms with Crippen LogP contribution in [0.5, 0.6) is 0 Å². The lowest BCUT2D eigenvalue weighted by atomic mass is 10.2. The lowest BCUT2D eigenvalue weighted by Gasteiger charge is -2.24. The first kappa shape index (κ1) is 13.4. The lowest BCUT2D eigenvalue weighted by Crippen LogP contribution is -2.35. The van der Waals surface area contributed by atoms with Crippen molar-refractivity contribution in [2.45, 2.75) is 68.8 Å². The summed E-state index contributed by atoms with van der Waals surface area (Å²) in [5, 5.41) is 11.7. The number of aliphatic hydroxyl groups excluding tert-OH is 1.